The van der Waals surface area contributed by atoms with Crippen molar-refractivity contribution >= 4 is 11.8 Å². The van der Waals surface area contributed by atoms with E-state index in [-0.39, 0.29) is 0 Å². The molecule has 0 aliphatic heterocycles. The largest absolute Gasteiger partial charge is 0.330 e. The highest BCUT2D eigenvalue weighted by atomic mass is 32.2. The molecule has 0 bridgehead atoms. The van der Waals surface area contributed by atoms with Crippen molar-refractivity contribution in [3.8, 4) is 0 Å². The van der Waals surface area contributed by atoms with Crippen molar-refractivity contribution in [2.24, 2.45) is 12.8 Å². The first kappa shape index (κ1) is 13.2. The van der Waals surface area contributed by atoms with Crippen molar-refractivity contribution < 1.29 is 0 Å². The molecule has 96 valence electrons. The highest BCUT2D eigenvalue weighted by Crippen LogP contribution is 2.29. The van der Waals surface area contributed by atoms with Crippen LogP contribution in [0.5, 0.6) is 0 Å². The van der Waals surface area contributed by atoms with E-state index in [1.54, 1.807) is 11.8 Å². The molecule has 1 aromatic heterocycles. The van der Waals surface area contributed by atoms with E-state index in [0.717, 1.165) is 12.1 Å². The van der Waals surface area contributed by atoms with Crippen molar-refractivity contribution in [1.29, 1.82) is 0 Å². The van der Waals surface area contributed by atoms with E-state index < -0.39 is 0 Å². The number of nitrogens with two attached hydrogens (primary N) is 1. The third-order valence-electron chi connectivity index (χ3n) is 2.91. The molecule has 0 atom stereocenters. The Kier molecular flexibility index (Phi) is 4.09. The summed E-state index contributed by atoms with van der Waals surface area (Å²) < 4.78 is 1.92. The monoisotopic (exact) mass is 261 g/mol. The van der Waals surface area contributed by atoms with Crippen LogP contribution in [-0.2, 0) is 13.5 Å². The Morgan fingerprint density at radius 3 is 2.61 bits per heavy atom. The van der Waals surface area contributed by atoms with E-state index in [1.807, 2.05) is 18.7 Å². The maximum atomic E-state index is 5.60. The number of rotatable bonds is 4. The van der Waals surface area contributed by atoms with Gasteiger partial charge >= 0.3 is 0 Å². The molecule has 0 fully saturated rings. The summed E-state index contributed by atoms with van der Waals surface area (Å²) in [6.45, 7) is 4.86. The number of hydrogen-bond donors (Lipinski definition) is 1. The van der Waals surface area contributed by atoms with Crippen molar-refractivity contribution in [3.05, 3.63) is 41.1 Å². The Bertz CT molecular complexity index is 546. The van der Waals surface area contributed by atoms with Gasteiger partial charge in [0.05, 0.1) is 10.7 Å². The third-order valence-corrected chi connectivity index (χ3v) is 3.99. The fourth-order valence-corrected chi connectivity index (χ4v) is 2.99. The Balaban J connectivity index is 2.20. The summed E-state index contributed by atoms with van der Waals surface area (Å²) in [7, 11) is 1.98. The molecule has 18 heavy (non-hydrogen) atoms. The van der Waals surface area contributed by atoms with Crippen LogP contribution in [0.25, 0.3) is 0 Å². The molecule has 1 aromatic carbocycles. The first-order valence-corrected chi connectivity index (χ1v) is 6.90. The lowest BCUT2D eigenvalue weighted by Gasteiger charge is -2.07. The minimum atomic E-state index is 0.703. The van der Waals surface area contributed by atoms with Gasteiger partial charge in [-0.2, -0.15) is 5.10 Å². The zero-order valence-corrected chi connectivity index (χ0v) is 11.9. The summed E-state index contributed by atoms with van der Waals surface area (Å²) in [5.74, 6) is 0. The smallest absolute Gasteiger partial charge is 0.0986 e. The van der Waals surface area contributed by atoms with Crippen molar-refractivity contribution in [1.82, 2.24) is 9.78 Å². The Hall–Kier alpha value is -1.26. The second-order valence-corrected chi connectivity index (χ2v) is 5.57. The molecule has 0 amide bonds. The van der Waals surface area contributed by atoms with Crippen LogP contribution >= 0.6 is 11.8 Å². The molecule has 1 heterocycles. The maximum absolute atomic E-state index is 5.60. The molecule has 2 rings (SSSR count). The van der Waals surface area contributed by atoms with Gasteiger partial charge in [-0.1, -0.05) is 17.8 Å². The molecule has 0 saturated carbocycles. The van der Waals surface area contributed by atoms with Gasteiger partial charge in [0, 0.05) is 11.9 Å². The van der Waals surface area contributed by atoms with E-state index in [2.05, 4.69) is 36.3 Å². The molecule has 2 N–H and O–H groups in total. The number of benzene rings is 1. The van der Waals surface area contributed by atoms with Gasteiger partial charge in [-0.25, -0.2) is 0 Å². The lowest BCUT2D eigenvalue weighted by molar-refractivity contribution is 0.692. The molecular weight excluding hydrogens is 242 g/mol. The van der Waals surface area contributed by atoms with E-state index in [1.165, 1.54) is 21.0 Å². The van der Waals surface area contributed by atoms with Crippen LogP contribution in [0, 0.1) is 13.8 Å². The Morgan fingerprint density at radius 2 is 2.06 bits per heavy atom. The van der Waals surface area contributed by atoms with E-state index >= 15 is 0 Å². The minimum Gasteiger partial charge on any atom is -0.330 e. The van der Waals surface area contributed by atoms with Crippen molar-refractivity contribution in [2.75, 3.05) is 6.54 Å². The van der Waals surface area contributed by atoms with E-state index in [9.17, 15) is 0 Å². The van der Waals surface area contributed by atoms with Gasteiger partial charge in [0.2, 0.25) is 0 Å². The van der Waals surface area contributed by atoms with E-state index in [4.69, 9.17) is 5.73 Å². The molecular formula is C14H19N3S. The SMILES string of the molecule is Cc1cc(Sc2ccc(CCN)c(C)c2)n(C)n1. The lowest BCUT2D eigenvalue weighted by Crippen LogP contribution is -2.04. The number of aryl methyl sites for hydroxylation is 3. The predicted octanol–water partition coefficient (Wildman–Crippen LogP) is 2.69. The minimum absolute atomic E-state index is 0.703. The van der Waals surface area contributed by atoms with Gasteiger partial charge in [0.1, 0.15) is 0 Å². The highest BCUT2D eigenvalue weighted by molar-refractivity contribution is 7.99. The zero-order chi connectivity index (χ0) is 13.1. The van der Waals surface area contributed by atoms with Gasteiger partial charge < -0.3 is 5.73 Å². The normalized spacial score (nSPS) is 10.9. The number of aromatic nitrogens is 2. The highest BCUT2D eigenvalue weighted by Gasteiger charge is 2.06. The topological polar surface area (TPSA) is 43.8 Å². The average Bonchev–Trinajstić information content (AvgIpc) is 2.61. The predicted molar refractivity (Wildman–Crippen MR) is 76.0 cm³/mol. The lowest BCUT2D eigenvalue weighted by atomic mass is 10.1. The van der Waals surface area contributed by atoms with Gasteiger partial charge in [-0.15, -0.1) is 0 Å². The molecule has 0 aliphatic carbocycles. The summed E-state index contributed by atoms with van der Waals surface area (Å²) in [6.07, 6.45) is 0.946. The van der Waals surface area contributed by atoms with Gasteiger partial charge in [0.25, 0.3) is 0 Å². The first-order valence-electron chi connectivity index (χ1n) is 6.08. The summed E-state index contributed by atoms with van der Waals surface area (Å²) in [5.41, 5.74) is 9.29. The maximum Gasteiger partial charge on any atom is 0.0986 e. The van der Waals surface area contributed by atoms with Crippen molar-refractivity contribution in [2.45, 2.75) is 30.2 Å². The molecule has 0 saturated heterocycles. The Morgan fingerprint density at radius 1 is 1.28 bits per heavy atom. The molecule has 3 nitrogen and oxygen atoms in total. The van der Waals surface area contributed by atoms with Gasteiger partial charge in [-0.05, 0) is 56.1 Å². The van der Waals surface area contributed by atoms with Crippen LogP contribution in [0.3, 0.4) is 0 Å². The molecule has 0 aliphatic rings. The third kappa shape index (κ3) is 2.94. The van der Waals surface area contributed by atoms with Crippen molar-refractivity contribution in [3.63, 3.8) is 0 Å². The van der Waals surface area contributed by atoms with Crippen LogP contribution in [0.15, 0.2) is 34.2 Å². The molecule has 2 aromatic rings. The summed E-state index contributed by atoms with van der Waals surface area (Å²) in [5, 5.41) is 5.52. The van der Waals surface area contributed by atoms with Crippen LogP contribution in [0.1, 0.15) is 16.8 Å². The Labute approximate surface area is 112 Å². The molecule has 4 heteroatoms. The quantitative estimate of drug-likeness (QED) is 0.920. The van der Waals surface area contributed by atoms with Crippen LogP contribution in [0.2, 0.25) is 0 Å². The van der Waals surface area contributed by atoms with E-state index in [0.29, 0.717) is 6.54 Å². The molecule has 0 radical (unpaired) electrons. The number of nitrogens with zero attached hydrogens (tertiary/aromatic N) is 2. The second-order valence-electron chi connectivity index (χ2n) is 4.48. The van der Waals surface area contributed by atoms with Gasteiger partial charge in [0.15, 0.2) is 0 Å². The first-order chi connectivity index (χ1) is 8.60. The van der Waals surface area contributed by atoms with Crippen LogP contribution in [0.4, 0.5) is 0 Å². The standard InChI is InChI=1S/C14H19N3S/c1-10-8-13(5-4-12(10)6-7-15)18-14-9-11(2)16-17(14)3/h4-5,8-9H,6-7,15H2,1-3H3. The number of hydrogen-bond acceptors (Lipinski definition) is 3. The molecule has 0 unspecified atom stereocenters. The second kappa shape index (κ2) is 5.59. The van der Waals surface area contributed by atoms with Crippen LogP contribution < -0.4 is 5.73 Å². The average molecular weight is 261 g/mol. The fourth-order valence-electron chi connectivity index (χ4n) is 1.97. The van der Waals surface area contributed by atoms with Crippen LogP contribution in [-0.4, -0.2) is 16.3 Å². The fraction of sp³-hybridized carbons (Fsp3) is 0.357. The van der Waals surface area contributed by atoms with Gasteiger partial charge in [-0.3, -0.25) is 4.68 Å². The summed E-state index contributed by atoms with van der Waals surface area (Å²) >= 11 is 1.75. The summed E-state index contributed by atoms with van der Waals surface area (Å²) in [4.78, 5) is 1.25. The zero-order valence-electron chi connectivity index (χ0n) is 11.1. The summed E-state index contributed by atoms with van der Waals surface area (Å²) in [6, 6.07) is 8.66. The molecule has 0 spiro atoms.